The van der Waals surface area contributed by atoms with Gasteiger partial charge < -0.3 is 19.7 Å². The summed E-state index contributed by atoms with van der Waals surface area (Å²) in [7, 11) is 0. The third-order valence-corrected chi connectivity index (χ3v) is 2.40. The van der Waals surface area contributed by atoms with E-state index >= 15 is 0 Å². The topological polar surface area (TPSA) is 93.1 Å². The maximum atomic E-state index is 11.2. The van der Waals surface area contributed by atoms with Crippen LogP contribution < -0.4 is 0 Å². The van der Waals surface area contributed by atoms with Crippen LogP contribution in [0.2, 0.25) is 0 Å². The lowest BCUT2D eigenvalue weighted by Crippen LogP contribution is -2.29. The molecule has 0 heterocycles. The standard InChI is InChI=1S/C12H20O6/c1-5-17-7(3)9(11(13)14)10(12(15)16)8(4)18-6-2/h7-8H,5-6H2,1-4H3,(H,13,14)(H,15,16). The molecule has 2 unspecified atom stereocenters. The van der Waals surface area contributed by atoms with Gasteiger partial charge in [-0.1, -0.05) is 0 Å². The summed E-state index contributed by atoms with van der Waals surface area (Å²) in [5.41, 5.74) is -0.546. The van der Waals surface area contributed by atoms with Gasteiger partial charge in [0.2, 0.25) is 0 Å². The SMILES string of the molecule is CCOC(C)C(C(=O)O)=C(C(=O)O)C(C)OCC. The average molecular weight is 260 g/mol. The summed E-state index contributed by atoms with van der Waals surface area (Å²) >= 11 is 0. The van der Waals surface area contributed by atoms with Gasteiger partial charge in [0.1, 0.15) is 0 Å². The Labute approximate surface area is 106 Å². The van der Waals surface area contributed by atoms with Crippen LogP contribution in [0, 0.1) is 0 Å². The molecule has 0 spiro atoms. The van der Waals surface area contributed by atoms with Crippen LogP contribution in [0.5, 0.6) is 0 Å². The molecule has 0 aliphatic carbocycles. The van der Waals surface area contributed by atoms with Crippen LogP contribution in [0.15, 0.2) is 11.1 Å². The molecule has 2 N–H and O–H groups in total. The van der Waals surface area contributed by atoms with Crippen LogP contribution in [0.25, 0.3) is 0 Å². The van der Waals surface area contributed by atoms with Crippen LogP contribution >= 0.6 is 0 Å². The Kier molecular flexibility index (Phi) is 7.23. The molecule has 0 bridgehead atoms. The number of hydrogen-bond acceptors (Lipinski definition) is 4. The van der Waals surface area contributed by atoms with Crippen molar-refractivity contribution >= 4 is 11.9 Å². The fraction of sp³-hybridized carbons (Fsp3) is 0.667. The van der Waals surface area contributed by atoms with Crippen molar-refractivity contribution in [2.75, 3.05) is 13.2 Å². The normalized spacial score (nSPS) is 15.8. The first-order valence-electron chi connectivity index (χ1n) is 5.80. The molecule has 0 aliphatic rings. The Balaban J connectivity index is 5.57. The largest absolute Gasteiger partial charge is 0.478 e. The first-order valence-corrected chi connectivity index (χ1v) is 5.80. The van der Waals surface area contributed by atoms with Gasteiger partial charge in [0.15, 0.2) is 0 Å². The van der Waals surface area contributed by atoms with Crippen LogP contribution in [-0.2, 0) is 19.1 Å². The lowest BCUT2D eigenvalue weighted by atomic mass is 9.99. The molecule has 0 radical (unpaired) electrons. The second-order valence-corrected chi connectivity index (χ2v) is 3.63. The van der Waals surface area contributed by atoms with Crippen LogP contribution in [0.3, 0.4) is 0 Å². The molecule has 0 rings (SSSR count). The van der Waals surface area contributed by atoms with Gasteiger partial charge in [-0.3, -0.25) is 0 Å². The zero-order valence-corrected chi connectivity index (χ0v) is 11.1. The van der Waals surface area contributed by atoms with Gasteiger partial charge in [0, 0.05) is 13.2 Å². The Bertz CT molecular complexity index is 301. The maximum absolute atomic E-state index is 11.2. The van der Waals surface area contributed by atoms with Gasteiger partial charge in [0.05, 0.1) is 23.4 Å². The molecular formula is C12H20O6. The highest BCUT2D eigenvalue weighted by atomic mass is 16.5. The first-order chi connectivity index (χ1) is 8.36. The van der Waals surface area contributed by atoms with Crippen molar-refractivity contribution in [3.63, 3.8) is 0 Å². The number of carboxylic acid groups (broad SMARTS) is 2. The molecule has 0 fully saturated rings. The van der Waals surface area contributed by atoms with Crippen molar-refractivity contribution in [2.45, 2.75) is 39.9 Å². The summed E-state index contributed by atoms with van der Waals surface area (Å²) in [6, 6.07) is 0. The summed E-state index contributed by atoms with van der Waals surface area (Å²) in [4.78, 5) is 22.4. The number of aliphatic carboxylic acids is 2. The van der Waals surface area contributed by atoms with Crippen LogP contribution in [-0.4, -0.2) is 47.6 Å². The van der Waals surface area contributed by atoms with Crippen LogP contribution in [0.4, 0.5) is 0 Å². The molecule has 0 aromatic carbocycles. The molecule has 0 saturated heterocycles. The Morgan fingerprint density at radius 1 is 0.889 bits per heavy atom. The predicted molar refractivity (Wildman–Crippen MR) is 64.5 cm³/mol. The maximum Gasteiger partial charge on any atom is 0.334 e. The summed E-state index contributed by atoms with van der Waals surface area (Å²) < 4.78 is 10.3. The van der Waals surface area contributed by atoms with E-state index in [1.54, 1.807) is 13.8 Å². The van der Waals surface area contributed by atoms with Crippen molar-refractivity contribution in [3.05, 3.63) is 11.1 Å². The molecule has 104 valence electrons. The number of hydrogen-bond donors (Lipinski definition) is 2. The Morgan fingerprint density at radius 3 is 1.33 bits per heavy atom. The van der Waals surface area contributed by atoms with Gasteiger partial charge in [-0.05, 0) is 27.7 Å². The van der Waals surface area contributed by atoms with Gasteiger partial charge >= 0.3 is 11.9 Å². The zero-order valence-electron chi connectivity index (χ0n) is 11.1. The van der Waals surface area contributed by atoms with Crippen LogP contribution in [0.1, 0.15) is 27.7 Å². The van der Waals surface area contributed by atoms with Gasteiger partial charge in [0.25, 0.3) is 0 Å². The molecule has 6 heteroatoms. The molecule has 18 heavy (non-hydrogen) atoms. The van der Waals surface area contributed by atoms with E-state index in [1.807, 2.05) is 0 Å². The fourth-order valence-electron chi connectivity index (χ4n) is 1.68. The molecule has 6 nitrogen and oxygen atoms in total. The van der Waals surface area contributed by atoms with E-state index in [0.29, 0.717) is 13.2 Å². The van der Waals surface area contributed by atoms with Crippen molar-refractivity contribution in [1.29, 1.82) is 0 Å². The lowest BCUT2D eigenvalue weighted by Gasteiger charge is -2.19. The molecular weight excluding hydrogens is 240 g/mol. The van der Waals surface area contributed by atoms with E-state index in [0.717, 1.165) is 0 Å². The highest BCUT2D eigenvalue weighted by Gasteiger charge is 2.29. The summed E-state index contributed by atoms with van der Waals surface area (Å²) in [5, 5.41) is 18.3. The highest BCUT2D eigenvalue weighted by molar-refractivity contribution is 6.00. The zero-order chi connectivity index (χ0) is 14.3. The minimum atomic E-state index is -1.31. The van der Waals surface area contributed by atoms with Gasteiger partial charge in [-0.25, -0.2) is 9.59 Å². The first kappa shape index (κ1) is 16.6. The second kappa shape index (κ2) is 7.84. The van der Waals surface area contributed by atoms with E-state index in [2.05, 4.69) is 0 Å². The Hall–Kier alpha value is -1.40. The molecule has 0 amide bonds. The summed E-state index contributed by atoms with van der Waals surface area (Å²) in [6.45, 7) is 7.04. The number of ether oxygens (including phenoxy) is 2. The second-order valence-electron chi connectivity index (χ2n) is 3.63. The molecule has 0 aliphatic heterocycles. The van der Waals surface area contributed by atoms with E-state index in [4.69, 9.17) is 19.7 Å². The van der Waals surface area contributed by atoms with Crippen molar-refractivity contribution in [2.24, 2.45) is 0 Å². The smallest absolute Gasteiger partial charge is 0.334 e. The third-order valence-electron chi connectivity index (χ3n) is 2.40. The Morgan fingerprint density at radius 2 is 1.17 bits per heavy atom. The molecule has 2 atom stereocenters. The molecule has 0 aromatic heterocycles. The lowest BCUT2D eigenvalue weighted by molar-refractivity contribution is -0.138. The van der Waals surface area contributed by atoms with Gasteiger partial charge in [-0.15, -0.1) is 0 Å². The van der Waals surface area contributed by atoms with E-state index in [9.17, 15) is 9.59 Å². The average Bonchev–Trinajstić information content (AvgIpc) is 2.24. The highest BCUT2D eigenvalue weighted by Crippen LogP contribution is 2.18. The van der Waals surface area contributed by atoms with Crippen molar-refractivity contribution in [1.82, 2.24) is 0 Å². The van der Waals surface area contributed by atoms with E-state index < -0.39 is 24.1 Å². The van der Waals surface area contributed by atoms with Crippen molar-refractivity contribution in [3.8, 4) is 0 Å². The third kappa shape index (κ3) is 4.46. The molecule has 0 saturated carbocycles. The summed E-state index contributed by atoms with van der Waals surface area (Å²) in [6.07, 6.45) is -1.61. The van der Waals surface area contributed by atoms with Crippen molar-refractivity contribution < 1.29 is 29.3 Å². The van der Waals surface area contributed by atoms with E-state index in [1.165, 1.54) is 13.8 Å². The minimum absolute atomic E-state index is 0.273. The molecule has 0 aromatic rings. The fourth-order valence-corrected chi connectivity index (χ4v) is 1.68. The number of carbonyl (C=O) groups is 2. The monoisotopic (exact) mass is 260 g/mol. The van der Waals surface area contributed by atoms with Gasteiger partial charge in [-0.2, -0.15) is 0 Å². The minimum Gasteiger partial charge on any atom is -0.478 e. The quantitative estimate of drug-likeness (QED) is 0.639. The predicted octanol–water partition coefficient (Wildman–Crippen LogP) is 1.30. The number of carboxylic acids is 2. The number of rotatable bonds is 8. The summed E-state index contributed by atoms with van der Waals surface area (Å²) in [5.74, 6) is -2.61. The van der Waals surface area contributed by atoms with E-state index in [-0.39, 0.29) is 11.1 Å².